The lowest BCUT2D eigenvalue weighted by molar-refractivity contribution is -0.154. The lowest BCUT2D eigenvalue weighted by Crippen LogP contribution is -2.39. The first kappa shape index (κ1) is 8.09. The van der Waals surface area contributed by atoms with Crippen LogP contribution in [0.4, 0.5) is 0 Å². The zero-order valence-corrected chi connectivity index (χ0v) is 7.38. The highest BCUT2D eigenvalue weighted by Crippen LogP contribution is 2.52. The molecule has 0 aliphatic heterocycles. The van der Waals surface area contributed by atoms with Crippen LogP contribution in [0.2, 0.25) is 0 Å². The summed E-state index contributed by atoms with van der Waals surface area (Å²) in [5.41, 5.74) is -0.293. The molecule has 0 saturated heterocycles. The Morgan fingerprint density at radius 1 is 1.17 bits per heavy atom. The lowest BCUT2D eigenvalue weighted by Gasteiger charge is -2.39. The van der Waals surface area contributed by atoms with E-state index in [9.17, 15) is 9.90 Å². The highest BCUT2D eigenvalue weighted by molar-refractivity contribution is 5.75. The van der Waals surface area contributed by atoms with Gasteiger partial charge in [0.1, 0.15) is 0 Å². The first-order valence-electron chi connectivity index (χ1n) is 4.99. The zero-order valence-electron chi connectivity index (χ0n) is 7.38. The molecular formula is C10H16O2. The Bertz CT molecular complexity index is 188. The molecule has 0 heterocycles. The van der Waals surface area contributed by atoms with E-state index in [4.69, 9.17) is 0 Å². The summed E-state index contributed by atoms with van der Waals surface area (Å²) in [6.07, 6.45) is 7.70. The van der Waals surface area contributed by atoms with Crippen LogP contribution in [0.3, 0.4) is 0 Å². The van der Waals surface area contributed by atoms with Crippen LogP contribution in [0.15, 0.2) is 0 Å². The molecule has 0 atom stereocenters. The first-order chi connectivity index (χ1) is 5.76. The van der Waals surface area contributed by atoms with Crippen LogP contribution in [0.25, 0.3) is 0 Å². The van der Waals surface area contributed by atoms with Gasteiger partial charge in [0.05, 0.1) is 5.41 Å². The van der Waals surface area contributed by atoms with Gasteiger partial charge in [0, 0.05) is 0 Å². The molecule has 0 aromatic heterocycles. The largest absolute Gasteiger partial charge is 0.481 e. The lowest BCUT2D eigenvalue weighted by atomic mass is 9.64. The SMILES string of the molecule is O=C(O)C1(C2CCC2)CCCC1. The van der Waals surface area contributed by atoms with Crippen molar-refractivity contribution in [1.29, 1.82) is 0 Å². The number of carboxylic acid groups (broad SMARTS) is 1. The molecule has 0 radical (unpaired) electrons. The summed E-state index contributed by atoms with van der Waals surface area (Å²) in [6.45, 7) is 0. The molecule has 2 aliphatic carbocycles. The average molecular weight is 168 g/mol. The van der Waals surface area contributed by atoms with Crippen molar-refractivity contribution in [2.45, 2.75) is 44.9 Å². The van der Waals surface area contributed by atoms with E-state index in [0.717, 1.165) is 38.5 Å². The molecule has 0 aromatic rings. The van der Waals surface area contributed by atoms with Crippen molar-refractivity contribution in [1.82, 2.24) is 0 Å². The molecule has 2 nitrogen and oxygen atoms in total. The standard InChI is InChI=1S/C10H16O2/c11-9(12)10(6-1-2-7-10)8-4-3-5-8/h8H,1-7H2,(H,11,12). The zero-order chi connectivity index (χ0) is 8.60. The van der Waals surface area contributed by atoms with Crippen LogP contribution in [0.1, 0.15) is 44.9 Å². The summed E-state index contributed by atoms with van der Waals surface area (Å²) in [4.78, 5) is 11.2. The minimum atomic E-state index is -0.523. The summed E-state index contributed by atoms with van der Waals surface area (Å²) in [7, 11) is 0. The van der Waals surface area contributed by atoms with Crippen LogP contribution >= 0.6 is 0 Å². The third-order valence-corrected chi connectivity index (χ3v) is 3.81. The van der Waals surface area contributed by atoms with Crippen LogP contribution in [-0.2, 0) is 4.79 Å². The fourth-order valence-electron chi connectivity index (χ4n) is 2.76. The van der Waals surface area contributed by atoms with E-state index in [1.807, 2.05) is 0 Å². The molecule has 2 saturated carbocycles. The van der Waals surface area contributed by atoms with E-state index in [2.05, 4.69) is 0 Å². The summed E-state index contributed by atoms with van der Waals surface area (Å²) >= 11 is 0. The van der Waals surface area contributed by atoms with Crippen LogP contribution in [0, 0.1) is 11.3 Å². The van der Waals surface area contributed by atoms with Gasteiger partial charge in [-0.1, -0.05) is 19.3 Å². The number of carboxylic acids is 1. The van der Waals surface area contributed by atoms with Gasteiger partial charge >= 0.3 is 5.97 Å². The predicted molar refractivity (Wildman–Crippen MR) is 45.9 cm³/mol. The summed E-state index contributed by atoms with van der Waals surface area (Å²) in [5, 5.41) is 9.20. The average Bonchev–Trinajstić information content (AvgIpc) is 2.33. The van der Waals surface area contributed by atoms with Gasteiger partial charge in [0.2, 0.25) is 0 Å². The molecule has 0 spiro atoms. The monoisotopic (exact) mass is 168 g/mol. The Labute approximate surface area is 73.0 Å². The van der Waals surface area contributed by atoms with Crippen molar-refractivity contribution in [2.24, 2.45) is 11.3 Å². The Morgan fingerprint density at radius 2 is 1.75 bits per heavy atom. The maximum absolute atomic E-state index is 11.2. The summed E-state index contributed by atoms with van der Waals surface area (Å²) in [6, 6.07) is 0. The van der Waals surface area contributed by atoms with Gasteiger partial charge in [0.25, 0.3) is 0 Å². The third-order valence-electron chi connectivity index (χ3n) is 3.81. The topological polar surface area (TPSA) is 37.3 Å². The number of hydrogen-bond acceptors (Lipinski definition) is 1. The maximum Gasteiger partial charge on any atom is 0.309 e. The van der Waals surface area contributed by atoms with E-state index >= 15 is 0 Å². The predicted octanol–water partition coefficient (Wildman–Crippen LogP) is 2.43. The molecule has 0 bridgehead atoms. The first-order valence-corrected chi connectivity index (χ1v) is 4.99. The van der Waals surface area contributed by atoms with Crippen LogP contribution in [0.5, 0.6) is 0 Å². The van der Waals surface area contributed by atoms with Crippen molar-refractivity contribution >= 4 is 5.97 Å². The second-order valence-electron chi connectivity index (χ2n) is 4.30. The van der Waals surface area contributed by atoms with Crippen molar-refractivity contribution in [3.63, 3.8) is 0 Å². The van der Waals surface area contributed by atoms with Gasteiger partial charge in [-0.25, -0.2) is 0 Å². The Balaban J connectivity index is 2.14. The molecule has 2 heteroatoms. The molecular weight excluding hydrogens is 152 g/mol. The number of aliphatic carboxylic acids is 1. The van der Waals surface area contributed by atoms with Crippen molar-refractivity contribution in [3.8, 4) is 0 Å². The van der Waals surface area contributed by atoms with Gasteiger partial charge < -0.3 is 5.11 Å². The van der Waals surface area contributed by atoms with Gasteiger partial charge in [-0.3, -0.25) is 4.79 Å². The van der Waals surface area contributed by atoms with Gasteiger partial charge in [-0.05, 0) is 31.6 Å². The fraction of sp³-hybridized carbons (Fsp3) is 0.900. The smallest absolute Gasteiger partial charge is 0.309 e. The molecule has 2 rings (SSSR count). The van der Waals surface area contributed by atoms with Crippen LogP contribution < -0.4 is 0 Å². The van der Waals surface area contributed by atoms with Gasteiger partial charge in [-0.2, -0.15) is 0 Å². The maximum atomic E-state index is 11.2. The molecule has 1 N–H and O–H groups in total. The second-order valence-corrected chi connectivity index (χ2v) is 4.30. The highest BCUT2D eigenvalue weighted by atomic mass is 16.4. The van der Waals surface area contributed by atoms with Gasteiger partial charge in [-0.15, -0.1) is 0 Å². The molecule has 0 unspecified atom stereocenters. The van der Waals surface area contributed by atoms with Crippen LogP contribution in [-0.4, -0.2) is 11.1 Å². The number of carbonyl (C=O) groups is 1. The van der Waals surface area contributed by atoms with Gasteiger partial charge in [0.15, 0.2) is 0 Å². The highest BCUT2D eigenvalue weighted by Gasteiger charge is 2.49. The van der Waals surface area contributed by atoms with Crippen molar-refractivity contribution in [2.75, 3.05) is 0 Å². The molecule has 12 heavy (non-hydrogen) atoms. The molecule has 2 aliphatic rings. The normalized spacial score (nSPS) is 28.3. The van der Waals surface area contributed by atoms with E-state index in [-0.39, 0.29) is 5.41 Å². The summed E-state index contributed by atoms with van der Waals surface area (Å²) < 4.78 is 0. The minimum Gasteiger partial charge on any atom is -0.481 e. The van der Waals surface area contributed by atoms with E-state index in [1.165, 1.54) is 6.42 Å². The Hall–Kier alpha value is -0.530. The summed E-state index contributed by atoms with van der Waals surface area (Å²) in [5.74, 6) is -0.0119. The van der Waals surface area contributed by atoms with Crippen molar-refractivity contribution in [3.05, 3.63) is 0 Å². The molecule has 68 valence electrons. The van der Waals surface area contributed by atoms with Crippen molar-refractivity contribution < 1.29 is 9.90 Å². The number of hydrogen-bond donors (Lipinski definition) is 1. The Kier molecular flexibility index (Phi) is 1.85. The number of rotatable bonds is 2. The molecule has 0 amide bonds. The second kappa shape index (κ2) is 2.75. The molecule has 2 fully saturated rings. The Morgan fingerprint density at radius 3 is 2.08 bits per heavy atom. The molecule has 0 aromatic carbocycles. The fourth-order valence-corrected chi connectivity index (χ4v) is 2.76. The minimum absolute atomic E-state index is 0.293. The quantitative estimate of drug-likeness (QED) is 0.687. The third kappa shape index (κ3) is 0.970. The van der Waals surface area contributed by atoms with E-state index < -0.39 is 5.97 Å². The van der Waals surface area contributed by atoms with E-state index in [1.54, 1.807) is 0 Å². The van der Waals surface area contributed by atoms with E-state index in [0.29, 0.717) is 5.92 Å².